The van der Waals surface area contributed by atoms with Crippen LogP contribution in [0.25, 0.3) is 0 Å². The zero-order chi connectivity index (χ0) is 14.2. The Morgan fingerprint density at radius 2 is 2.35 bits per heavy atom. The molecule has 108 valence electrons. The number of carbonyl (C=O) groups is 1. The molecule has 5 nitrogen and oxygen atoms in total. The first-order valence-electron chi connectivity index (χ1n) is 7.27. The van der Waals surface area contributed by atoms with Gasteiger partial charge in [0.2, 0.25) is 0 Å². The van der Waals surface area contributed by atoms with E-state index in [9.17, 15) is 9.59 Å². The van der Waals surface area contributed by atoms with Gasteiger partial charge in [0.05, 0.1) is 6.10 Å². The fraction of sp³-hybridized carbons (Fsp3) is 0.600. The van der Waals surface area contributed by atoms with Gasteiger partial charge in [0.1, 0.15) is 5.56 Å². The van der Waals surface area contributed by atoms with Crippen molar-refractivity contribution < 1.29 is 9.53 Å². The van der Waals surface area contributed by atoms with Crippen LogP contribution in [0.5, 0.6) is 0 Å². The number of nitrogens with one attached hydrogen (secondary N) is 2. The highest BCUT2D eigenvalue weighted by Crippen LogP contribution is 2.57. The summed E-state index contributed by atoms with van der Waals surface area (Å²) < 4.78 is 5.76. The highest BCUT2D eigenvalue weighted by molar-refractivity contribution is 5.94. The summed E-state index contributed by atoms with van der Waals surface area (Å²) in [4.78, 5) is 26.3. The van der Waals surface area contributed by atoms with Crippen LogP contribution in [0.3, 0.4) is 0 Å². The van der Waals surface area contributed by atoms with Gasteiger partial charge in [0.15, 0.2) is 0 Å². The lowest BCUT2D eigenvalue weighted by molar-refractivity contribution is -0.169. The Hall–Kier alpha value is -1.62. The zero-order valence-electron chi connectivity index (χ0n) is 11.6. The summed E-state index contributed by atoms with van der Waals surface area (Å²) in [6.07, 6.45) is 6.05. The lowest BCUT2D eigenvalue weighted by Crippen LogP contribution is -2.67. The lowest BCUT2D eigenvalue weighted by atomic mass is 9.51. The Labute approximate surface area is 117 Å². The number of aromatic nitrogens is 1. The third-order valence-electron chi connectivity index (χ3n) is 4.81. The molecule has 0 saturated heterocycles. The van der Waals surface area contributed by atoms with E-state index in [0.717, 1.165) is 19.3 Å². The topological polar surface area (TPSA) is 71.2 Å². The smallest absolute Gasteiger partial charge is 0.260 e. The van der Waals surface area contributed by atoms with Crippen LogP contribution in [0.2, 0.25) is 0 Å². The van der Waals surface area contributed by atoms with Crippen LogP contribution >= 0.6 is 0 Å². The molecule has 3 rings (SSSR count). The van der Waals surface area contributed by atoms with Crippen molar-refractivity contribution in [2.24, 2.45) is 5.41 Å². The van der Waals surface area contributed by atoms with Gasteiger partial charge < -0.3 is 15.0 Å². The number of hydrogen-bond acceptors (Lipinski definition) is 3. The minimum atomic E-state index is -0.339. The number of rotatable bonds is 4. The molecule has 1 amide bonds. The van der Waals surface area contributed by atoms with Crippen molar-refractivity contribution in [1.29, 1.82) is 0 Å². The van der Waals surface area contributed by atoms with Gasteiger partial charge in [-0.2, -0.15) is 0 Å². The van der Waals surface area contributed by atoms with E-state index in [0.29, 0.717) is 6.61 Å². The van der Waals surface area contributed by atoms with Gasteiger partial charge >= 0.3 is 0 Å². The van der Waals surface area contributed by atoms with E-state index in [2.05, 4.69) is 10.3 Å². The van der Waals surface area contributed by atoms with Gasteiger partial charge in [-0.1, -0.05) is 6.42 Å². The number of amides is 1. The third kappa shape index (κ3) is 1.97. The SMILES string of the molecule is CCO[C@@H]1C[C@H](NC(=O)c2ccc[nH]c2=O)C12CCC2. The van der Waals surface area contributed by atoms with Gasteiger partial charge in [-0.3, -0.25) is 9.59 Å². The maximum absolute atomic E-state index is 12.2. The summed E-state index contributed by atoms with van der Waals surface area (Å²) in [5.41, 5.74) is -0.0390. The molecular weight excluding hydrogens is 256 g/mol. The maximum Gasteiger partial charge on any atom is 0.260 e. The quantitative estimate of drug-likeness (QED) is 0.874. The van der Waals surface area contributed by atoms with Gasteiger partial charge in [-0.15, -0.1) is 0 Å². The summed E-state index contributed by atoms with van der Waals surface area (Å²) in [7, 11) is 0. The predicted octanol–water partition coefficient (Wildman–Crippen LogP) is 1.45. The Bertz CT molecular complexity index is 562. The molecule has 2 aliphatic carbocycles. The molecule has 20 heavy (non-hydrogen) atoms. The van der Waals surface area contributed by atoms with Gasteiger partial charge in [0.25, 0.3) is 11.5 Å². The molecule has 0 aromatic carbocycles. The number of aromatic amines is 1. The Balaban J connectivity index is 1.69. The molecule has 2 fully saturated rings. The van der Waals surface area contributed by atoms with Crippen LogP contribution in [0.1, 0.15) is 43.0 Å². The minimum absolute atomic E-state index is 0.118. The number of H-pyrrole nitrogens is 1. The Morgan fingerprint density at radius 3 is 2.95 bits per heavy atom. The maximum atomic E-state index is 12.2. The molecule has 1 heterocycles. The van der Waals surface area contributed by atoms with Gasteiger partial charge in [-0.05, 0) is 38.3 Å². The number of ether oxygens (including phenoxy) is 1. The summed E-state index contributed by atoms with van der Waals surface area (Å²) in [6, 6.07) is 3.36. The second-order valence-electron chi connectivity index (χ2n) is 5.71. The summed E-state index contributed by atoms with van der Waals surface area (Å²) >= 11 is 0. The summed E-state index contributed by atoms with van der Waals surface area (Å²) in [5.74, 6) is -0.280. The van der Waals surface area contributed by atoms with E-state index in [1.807, 2.05) is 6.92 Å². The largest absolute Gasteiger partial charge is 0.378 e. The molecule has 0 aliphatic heterocycles. The molecule has 2 N–H and O–H groups in total. The first kappa shape index (κ1) is 13.4. The molecule has 5 heteroatoms. The van der Waals surface area contributed by atoms with Crippen LogP contribution in [0.4, 0.5) is 0 Å². The molecule has 1 spiro atoms. The fourth-order valence-electron chi connectivity index (χ4n) is 3.48. The highest BCUT2D eigenvalue weighted by Gasteiger charge is 2.59. The van der Waals surface area contributed by atoms with Crippen molar-refractivity contribution in [1.82, 2.24) is 10.3 Å². The zero-order valence-corrected chi connectivity index (χ0v) is 11.6. The average Bonchev–Trinajstić information content (AvgIpc) is 2.35. The Morgan fingerprint density at radius 1 is 1.55 bits per heavy atom. The van der Waals surface area contributed by atoms with Crippen molar-refractivity contribution in [2.45, 2.75) is 44.8 Å². The molecule has 2 atom stereocenters. The van der Waals surface area contributed by atoms with E-state index < -0.39 is 0 Å². The second kappa shape index (κ2) is 5.05. The molecule has 2 aliphatic rings. The number of hydrogen-bond donors (Lipinski definition) is 2. The van der Waals surface area contributed by atoms with Crippen LogP contribution in [-0.2, 0) is 4.74 Å². The average molecular weight is 276 g/mol. The molecule has 1 aromatic rings. The monoisotopic (exact) mass is 276 g/mol. The molecule has 2 saturated carbocycles. The summed E-state index contributed by atoms with van der Waals surface area (Å²) in [6.45, 7) is 2.72. The van der Waals surface area contributed by atoms with Crippen LogP contribution in [0.15, 0.2) is 23.1 Å². The molecule has 1 aromatic heterocycles. The van der Waals surface area contributed by atoms with Crippen LogP contribution in [-0.4, -0.2) is 29.6 Å². The first-order valence-corrected chi connectivity index (χ1v) is 7.27. The molecule has 0 bridgehead atoms. The third-order valence-corrected chi connectivity index (χ3v) is 4.81. The molecule has 0 radical (unpaired) electrons. The van der Waals surface area contributed by atoms with E-state index >= 15 is 0 Å². The van der Waals surface area contributed by atoms with Crippen molar-refractivity contribution in [2.75, 3.05) is 6.61 Å². The van der Waals surface area contributed by atoms with Gasteiger partial charge in [0, 0.05) is 24.3 Å². The van der Waals surface area contributed by atoms with Crippen LogP contribution < -0.4 is 10.9 Å². The predicted molar refractivity (Wildman–Crippen MR) is 74.6 cm³/mol. The van der Waals surface area contributed by atoms with Crippen molar-refractivity contribution in [3.05, 3.63) is 34.2 Å². The van der Waals surface area contributed by atoms with Crippen molar-refractivity contribution in [3.8, 4) is 0 Å². The minimum Gasteiger partial charge on any atom is -0.378 e. The Kier molecular flexibility index (Phi) is 3.38. The van der Waals surface area contributed by atoms with Crippen LogP contribution in [0, 0.1) is 5.41 Å². The van der Waals surface area contributed by atoms with Gasteiger partial charge in [-0.25, -0.2) is 0 Å². The van der Waals surface area contributed by atoms with E-state index in [1.54, 1.807) is 12.1 Å². The van der Waals surface area contributed by atoms with Crippen molar-refractivity contribution >= 4 is 5.91 Å². The molecular formula is C15H20N2O3. The van der Waals surface area contributed by atoms with E-state index in [1.165, 1.54) is 12.6 Å². The first-order chi connectivity index (χ1) is 9.67. The lowest BCUT2D eigenvalue weighted by Gasteiger charge is -2.60. The van der Waals surface area contributed by atoms with E-state index in [4.69, 9.17) is 4.74 Å². The fourth-order valence-corrected chi connectivity index (χ4v) is 3.48. The normalized spacial score (nSPS) is 26.6. The van der Waals surface area contributed by atoms with Crippen molar-refractivity contribution in [3.63, 3.8) is 0 Å². The second-order valence-corrected chi connectivity index (χ2v) is 5.71. The standard InChI is InChI=1S/C15H20N2O3/c1-2-20-12-9-11(15(12)6-4-7-15)17-14(19)10-5-3-8-16-13(10)18/h3,5,8,11-12H,2,4,6-7,9H2,1H3,(H,16,18)(H,17,19)/t11-,12+/m0/s1. The molecule has 0 unspecified atom stereocenters. The number of carbonyl (C=O) groups excluding carboxylic acids is 1. The summed E-state index contributed by atoms with van der Waals surface area (Å²) in [5, 5.41) is 3.02. The number of pyridine rings is 1. The highest BCUT2D eigenvalue weighted by atomic mass is 16.5. The van der Waals surface area contributed by atoms with E-state index in [-0.39, 0.29) is 34.6 Å².